The van der Waals surface area contributed by atoms with E-state index in [1.165, 1.54) is 13.2 Å². The zero-order valence-corrected chi connectivity index (χ0v) is 10.7. The van der Waals surface area contributed by atoms with Crippen molar-refractivity contribution in [3.8, 4) is 0 Å². The quantitative estimate of drug-likeness (QED) is 0.747. The molecule has 7 nitrogen and oxygen atoms in total. The molecule has 0 spiro atoms. The molecule has 1 aromatic heterocycles. The van der Waals surface area contributed by atoms with E-state index in [9.17, 15) is 13.2 Å². The molecule has 0 atom stereocenters. The predicted molar refractivity (Wildman–Crippen MR) is 59.8 cm³/mol. The molecule has 8 heteroatoms. The number of esters is 1. The van der Waals surface area contributed by atoms with Crippen LogP contribution in [0.1, 0.15) is 12.7 Å². The fourth-order valence-corrected chi connectivity index (χ4v) is 2.24. The second kappa shape index (κ2) is 5.28. The summed E-state index contributed by atoms with van der Waals surface area (Å²) in [6, 6.07) is 0. The summed E-state index contributed by atoms with van der Waals surface area (Å²) in [6.07, 6.45) is 1.21. The van der Waals surface area contributed by atoms with Crippen molar-refractivity contribution in [2.24, 2.45) is 0 Å². The highest BCUT2D eigenvalue weighted by molar-refractivity contribution is 7.89. The highest BCUT2D eigenvalue weighted by Crippen LogP contribution is 2.11. The van der Waals surface area contributed by atoms with Crippen LogP contribution in [-0.2, 0) is 19.6 Å². The lowest BCUT2D eigenvalue weighted by Gasteiger charge is -2.14. The first-order valence-corrected chi connectivity index (χ1v) is 6.45. The van der Waals surface area contributed by atoms with Crippen molar-refractivity contribution in [3.05, 3.63) is 12.0 Å². The van der Waals surface area contributed by atoms with Crippen molar-refractivity contribution in [2.75, 3.05) is 20.2 Å². The van der Waals surface area contributed by atoms with E-state index in [-0.39, 0.29) is 18.2 Å². The van der Waals surface area contributed by atoms with Gasteiger partial charge in [0.15, 0.2) is 5.03 Å². The second-order valence-corrected chi connectivity index (χ2v) is 5.41. The van der Waals surface area contributed by atoms with Crippen LogP contribution in [0.5, 0.6) is 0 Å². The van der Waals surface area contributed by atoms with Gasteiger partial charge in [0.05, 0.1) is 12.8 Å². The van der Waals surface area contributed by atoms with E-state index < -0.39 is 16.0 Å². The number of sulfonamides is 1. The first-order chi connectivity index (χ1) is 7.87. The third kappa shape index (κ3) is 3.27. The van der Waals surface area contributed by atoms with Gasteiger partial charge in [-0.1, -0.05) is 0 Å². The van der Waals surface area contributed by atoms with Crippen LogP contribution in [0.4, 0.5) is 0 Å². The largest absolute Gasteiger partial charge is 0.465 e. The topological polar surface area (TPSA) is 92.4 Å². The van der Waals surface area contributed by atoms with Crippen LogP contribution in [0.25, 0.3) is 0 Å². The summed E-state index contributed by atoms with van der Waals surface area (Å²) in [5.41, 5.74) is 0. The molecule has 1 heterocycles. The number of H-pyrrole nitrogens is 1. The van der Waals surface area contributed by atoms with Gasteiger partial charge in [-0.05, 0) is 13.8 Å². The van der Waals surface area contributed by atoms with Crippen molar-refractivity contribution in [2.45, 2.75) is 18.9 Å². The van der Waals surface area contributed by atoms with Crippen LogP contribution in [0.2, 0.25) is 0 Å². The van der Waals surface area contributed by atoms with Gasteiger partial charge in [-0.2, -0.15) is 4.31 Å². The van der Waals surface area contributed by atoms with Gasteiger partial charge in [-0.25, -0.2) is 13.4 Å². The summed E-state index contributed by atoms with van der Waals surface area (Å²) in [4.78, 5) is 17.6. The van der Waals surface area contributed by atoms with E-state index >= 15 is 0 Å². The van der Waals surface area contributed by atoms with Crippen molar-refractivity contribution in [1.82, 2.24) is 14.3 Å². The Morgan fingerprint density at radius 2 is 2.24 bits per heavy atom. The number of aromatic nitrogens is 2. The number of ether oxygens (including phenoxy) is 1. The fraction of sp³-hybridized carbons (Fsp3) is 0.556. The number of likely N-dealkylation sites (N-methyl/N-ethyl adjacent to an activating group) is 1. The zero-order chi connectivity index (χ0) is 13.1. The average molecular weight is 261 g/mol. The maximum Gasteiger partial charge on any atom is 0.321 e. The van der Waals surface area contributed by atoms with Gasteiger partial charge in [0.1, 0.15) is 12.4 Å². The molecule has 0 aromatic carbocycles. The van der Waals surface area contributed by atoms with Crippen molar-refractivity contribution < 1.29 is 17.9 Å². The van der Waals surface area contributed by atoms with E-state index in [4.69, 9.17) is 0 Å². The van der Waals surface area contributed by atoms with E-state index in [0.717, 1.165) is 4.31 Å². The van der Waals surface area contributed by atoms with Crippen molar-refractivity contribution >= 4 is 16.0 Å². The molecule has 1 aromatic rings. The Morgan fingerprint density at radius 3 is 2.71 bits per heavy atom. The summed E-state index contributed by atoms with van der Waals surface area (Å²) >= 11 is 0. The molecular weight excluding hydrogens is 246 g/mol. The highest BCUT2D eigenvalue weighted by atomic mass is 32.2. The number of aryl methyl sites for hydroxylation is 1. The molecule has 96 valence electrons. The number of carbonyl (C=O) groups excluding carboxylic acids is 1. The molecule has 0 bridgehead atoms. The molecule has 1 rings (SSSR count). The number of carbonyl (C=O) groups is 1. The molecule has 0 fully saturated rings. The van der Waals surface area contributed by atoms with Gasteiger partial charge in [-0.3, -0.25) is 4.79 Å². The van der Waals surface area contributed by atoms with E-state index in [2.05, 4.69) is 14.7 Å². The van der Waals surface area contributed by atoms with Gasteiger partial charge in [0.25, 0.3) is 10.0 Å². The molecule has 0 radical (unpaired) electrons. The molecule has 0 aliphatic heterocycles. The third-order valence-electron chi connectivity index (χ3n) is 2.02. The highest BCUT2D eigenvalue weighted by Gasteiger charge is 2.25. The minimum Gasteiger partial charge on any atom is -0.465 e. The molecule has 17 heavy (non-hydrogen) atoms. The lowest BCUT2D eigenvalue weighted by molar-refractivity contribution is -0.143. The van der Waals surface area contributed by atoms with Gasteiger partial charge < -0.3 is 9.72 Å². The minimum absolute atomic E-state index is 0.0400. The number of hydrogen-bond donors (Lipinski definition) is 1. The van der Waals surface area contributed by atoms with Crippen LogP contribution in [0.3, 0.4) is 0 Å². The number of aromatic amines is 1. The van der Waals surface area contributed by atoms with Crippen LogP contribution < -0.4 is 0 Å². The van der Waals surface area contributed by atoms with Crippen LogP contribution in [0, 0.1) is 6.92 Å². The smallest absolute Gasteiger partial charge is 0.321 e. The average Bonchev–Trinajstić information content (AvgIpc) is 2.65. The van der Waals surface area contributed by atoms with Gasteiger partial charge >= 0.3 is 5.97 Å². The molecule has 0 aliphatic rings. The molecule has 1 N–H and O–H groups in total. The summed E-state index contributed by atoms with van der Waals surface area (Å²) in [5, 5.41) is -0.0400. The Kier molecular flexibility index (Phi) is 4.24. The molecule has 0 saturated carbocycles. The Hall–Kier alpha value is -1.41. The zero-order valence-electron chi connectivity index (χ0n) is 9.93. The number of imidazole rings is 1. The van der Waals surface area contributed by atoms with E-state index in [1.807, 2.05) is 0 Å². The lowest BCUT2D eigenvalue weighted by Crippen LogP contribution is -2.33. The predicted octanol–water partition coefficient (Wildman–Crippen LogP) is -0.0983. The first-order valence-electron chi connectivity index (χ1n) is 5.01. The van der Waals surface area contributed by atoms with E-state index in [0.29, 0.717) is 5.82 Å². The molecule has 0 unspecified atom stereocenters. The number of hydrogen-bond acceptors (Lipinski definition) is 5. The van der Waals surface area contributed by atoms with Gasteiger partial charge in [0, 0.05) is 7.05 Å². The molecule has 0 saturated heterocycles. The maximum atomic E-state index is 11.9. The summed E-state index contributed by atoms with van der Waals surface area (Å²) < 4.78 is 29.5. The Morgan fingerprint density at radius 1 is 1.59 bits per heavy atom. The monoisotopic (exact) mass is 261 g/mol. The molecule has 0 aliphatic carbocycles. The van der Waals surface area contributed by atoms with Gasteiger partial charge in [-0.15, -0.1) is 0 Å². The lowest BCUT2D eigenvalue weighted by atomic mass is 10.6. The Labute approximate surface area is 99.8 Å². The van der Waals surface area contributed by atoms with Gasteiger partial charge in [0.2, 0.25) is 0 Å². The standard InChI is InChI=1S/C9H15N3O4S/c1-4-16-9(13)6-12(3)17(14,15)8-5-10-7(2)11-8/h5H,4,6H2,1-3H3,(H,10,11). The number of rotatable bonds is 5. The van der Waals surface area contributed by atoms with Crippen LogP contribution in [0.15, 0.2) is 11.2 Å². The Bertz CT molecular complexity index is 494. The molecule has 0 amide bonds. The maximum absolute atomic E-state index is 11.9. The molecular formula is C9H15N3O4S. The van der Waals surface area contributed by atoms with Crippen molar-refractivity contribution in [1.29, 1.82) is 0 Å². The summed E-state index contributed by atoms with van der Waals surface area (Å²) in [7, 11) is -2.41. The van der Waals surface area contributed by atoms with E-state index in [1.54, 1.807) is 13.8 Å². The fourth-order valence-electron chi connectivity index (χ4n) is 1.17. The Balaban J connectivity index is 2.81. The third-order valence-corrected chi connectivity index (χ3v) is 3.74. The number of nitrogens with zero attached hydrogens (tertiary/aromatic N) is 2. The SMILES string of the molecule is CCOC(=O)CN(C)S(=O)(=O)c1cnc(C)[nH]1. The second-order valence-electron chi connectivity index (χ2n) is 3.40. The van der Waals surface area contributed by atoms with Crippen LogP contribution >= 0.6 is 0 Å². The minimum atomic E-state index is -3.72. The summed E-state index contributed by atoms with van der Waals surface area (Å²) in [6.45, 7) is 3.19. The number of nitrogens with one attached hydrogen (secondary N) is 1. The van der Waals surface area contributed by atoms with Crippen molar-refractivity contribution in [3.63, 3.8) is 0 Å². The van der Waals surface area contributed by atoms with Crippen LogP contribution in [-0.4, -0.2) is 48.9 Å². The first kappa shape index (κ1) is 13.7. The summed E-state index contributed by atoms with van der Waals surface area (Å²) in [5.74, 6) is -0.0945. The normalized spacial score (nSPS) is 11.8.